The third kappa shape index (κ3) is 2.50. The molecule has 1 aliphatic rings. The molecular formula is C12H20N4. The van der Waals surface area contributed by atoms with Gasteiger partial charge in [0.1, 0.15) is 5.82 Å². The van der Waals surface area contributed by atoms with Gasteiger partial charge in [0.25, 0.3) is 0 Å². The Morgan fingerprint density at radius 1 is 1.19 bits per heavy atom. The molecule has 0 aliphatic carbocycles. The van der Waals surface area contributed by atoms with Crippen LogP contribution < -0.4 is 10.2 Å². The highest BCUT2D eigenvalue weighted by Crippen LogP contribution is 2.21. The molecule has 0 bridgehead atoms. The smallest absolute Gasteiger partial charge is 0.147 e. The van der Waals surface area contributed by atoms with Crippen molar-refractivity contribution in [3.63, 3.8) is 0 Å². The van der Waals surface area contributed by atoms with Gasteiger partial charge in [-0.2, -0.15) is 0 Å². The van der Waals surface area contributed by atoms with Gasteiger partial charge in [-0.15, -0.1) is 0 Å². The Kier molecular flexibility index (Phi) is 3.10. The van der Waals surface area contributed by atoms with Gasteiger partial charge in [-0.1, -0.05) is 20.8 Å². The molecular weight excluding hydrogens is 200 g/mol. The van der Waals surface area contributed by atoms with Crippen LogP contribution in [0.5, 0.6) is 0 Å². The lowest BCUT2D eigenvalue weighted by atomic mass is 9.93. The van der Waals surface area contributed by atoms with Crippen molar-refractivity contribution in [2.45, 2.75) is 26.2 Å². The number of rotatable bonds is 1. The second-order valence-electron chi connectivity index (χ2n) is 5.25. The van der Waals surface area contributed by atoms with Gasteiger partial charge in [-0.3, -0.25) is 4.98 Å². The second kappa shape index (κ2) is 4.37. The van der Waals surface area contributed by atoms with Gasteiger partial charge in [-0.25, -0.2) is 4.98 Å². The number of nitrogens with one attached hydrogen (secondary N) is 1. The zero-order valence-corrected chi connectivity index (χ0v) is 10.3. The van der Waals surface area contributed by atoms with Crippen LogP contribution in [-0.2, 0) is 5.41 Å². The molecule has 1 N–H and O–H groups in total. The summed E-state index contributed by atoms with van der Waals surface area (Å²) in [6, 6.07) is 0. The molecule has 0 radical (unpaired) electrons. The van der Waals surface area contributed by atoms with Crippen LogP contribution in [0.25, 0.3) is 0 Å². The van der Waals surface area contributed by atoms with Crippen LogP contribution in [0.15, 0.2) is 12.4 Å². The topological polar surface area (TPSA) is 41.1 Å². The number of piperazine rings is 1. The zero-order chi connectivity index (χ0) is 11.6. The Balaban J connectivity index is 2.21. The third-order valence-electron chi connectivity index (χ3n) is 2.83. The number of nitrogens with zero attached hydrogens (tertiary/aromatic N) is 3. The Morgan fingerprint density at radius 3 is 2.50 bits per heavy atom. The molecule has 88 valence electrons. The minimum atomic E-state index is 0.0665. The van der Waals surface area contributed by atoms with Gasteiger partial charge in [0, 0.05) is 37.8 Å². The van der Waals surface area contributed by atoms with Crippen molar-refractivity contribution in [2.75, 3.05) is 31.1 Å². The predicted octanol–water partition coefficient (Wildman–Crippen LogP) is 1.18. The fourth-order valence-electron chi connectivity index (χ4n) is 1.76. The maximum atomic E-state index is 4.70. The van der Waals surface area contributed by atoms with Crippen LogP contribution in [0.1, 0.15) is 26.5 Å². The molecule has 0 aromatic carbocycles. The summed E-state index contributed by atoms with van der Waals surface area (Å²) in [5.41, 5.74) is 1.13. The zero-order valence-electron chi connectivity index (χ0n) is 10.3. The second-order valence-corrected chi connectivity index (χ2v) is 5.25. The van der Waals surface area contributed by atoms with Crippen molar-refractivity contribution >= 4 is 5.82 Å². The summed E-state index contributed by atoms with van der Waals surface area (Å²) in [5.74, 6) is 1.01. The van der Waals surface area contributed by atoms with Crippen LogP contribution in [0.4, 0.5) is 5.82 Å². The summed E-state index contributed by atoms with van der Waals surface area (Å²) in [6.45, 7) is 10.6. The van der Waals surface area contributed by atoms with Crippen LogP contribution in [0.3, 0.4) is 0 Å². The van der Waals surface area contributed by atoms with Gasteiger partial charge in [0.15, 0.2) is 0 Å². The summed E-state index contributed by atoms with van der Waals surface area (Å²) in [5, 5.41) is 3.34. The van der Waals surface area contributed by atoms with E-state index < -0.39 is 0 Å². The molecule has 1 fully saturated rings. The van der Waals surface area contributed by atoms with Crippen molar-refractivity contribution in [3.05, 3.63) is 18.1 Å². The Morgan fingerprint density at radius 2 is 1.88 bits per heavy atom. The Bertz CT molecular complexity index is 350. The van der Waals surface area contributed by atoms with Crippen molar-refractivity contribution < 1.29 is 0 Å². The average molecular weight is 220 g/mol. The van der Waals surface area contributed by atoms with E-state index in [1.165, 1.54) is 0 Å². The van der Waals surface area contributed by atoms with Crippen LogP contribution in [0, 0.1) is 0 Å². The molecule has 0 atom stereocenters. The standard InChI is InChI=1S/C12H20N4/c1-12(2,3)10-8-14-9-11(15-10)16-6-4-13-5-7-16/h8-9,13H,4-7H2,1-3H3. The molecule has 0 amide bonds. The van der Waals surface area contributed by atoms with E-state index in [0.29, 0.717) is 0 Å². The fourth-order valence-corrected chi connectivity index (χ4v) is 1.76. The molecule has 1 saturated heterocycles. The lowest BCUT2D eigenvalue weighted by Gasteiger charge is -2.29. The van der Waals surface area contributed by atoms with Gasteiger partial charge in [0.05, 0.1) is 11.9 Å². The quantitative estimate of drug-likeness (QED) is 0.771. The minimum absolute atomic E-state index is 0.0665. The van der Waals surface area contributed by atoms with Crippen LogP contribution in [-0.4, -0.2) is 36.1 Å². The van der Waals surface area contributed by atoms with E-state index in [1.807, 2.05) is 12.4 Å². The van der Waals surface area contributed by atoms with Gasteiger partial charge in [0.2, 0.25) is 0 Å². The predicted molar refractivity (Wildman–Crippen MR) is 65.8 cm³/mol. The molecule has 2 rings (SSSR count). The van der Waals surface area contributed by atoms with Gasteiger partial charge < -0.3 is 10.2 Å². The highest BCUT2D eigenvalue weighted by atomic mass is 15.2. The van der Waals surface area contributed by atoms with E-state index in [-0.39, 0.29) is 5.41 Å². The summed E-state index contributed by atoms with van der Waals surface area (Å²) in [6.07, 6.45) is 3.73. The highest BCUT2D eigenvalue weighted by molar-refractivity contribution is 5.37. The number of hydrogen-bond donors (Lipinski definition) is 1. The Hall–Kier alpha value is -1.16. The largest absolute Gasteiger partial charge is 0.353 e. The average Bonchev–Trinajstić information content (AvgIpc) is 2.29. The normalized spacial score (nSPS) is 17.6. The lowest BCUT2D eigenvalue weighted by molar-refractivity contribution is 0.554. The summed E-state index contributed by atoms with van der Waals surface area (Å²) >= 11 is 0. The summed E-state index contributed by atoms with van der Waals surface area (Å²) < 4.78 is 0. The van der Waals surface area contributed by atoms with Crippen LogP contribution >= 0.6 is 0 Å². The minimum Gasteiger partial charge on any atom is -0.353 e. The molecule has 0 saturated carbocycles. The first-order valence-corrected chi connectivity index (χ1v) is 5.85. The van der Waals surface area contributed by atoms with Crippen molar-refractivity contribution in [2.24, 2.45) is 0 Å². The van der Waals surface area contributed by atoms with Crippen molar-refractivity contribution in [1.29, 1.82) is 0 Å². The van der Waals surface area contributed by atoms with Gasteiger partial charge in [-0.05, 0) is 0 Å². The van der Waals surface area contributed by atoms with Crippen LogP contribution in [0.2, 0.25) is 0 Å². The first-order chi connectivity index (χ1) is 7.57. The van der Waals surface area contributed by atoms with E-state index in [0.717, 1.165) is 37.7 Å². The molecule has 0 unspecified atom stereocenters. The number of hydrogen-bond acceptors (Lipinski definition) is 4. The SMILES string of the molecule is CC(C)(C)c1cncc(N2CCNCC2)n1. The molecule has 4 heteroatoms. The molecule has 4 nitrogen and oxygen atoms in total. The Labute approximate surface area is 97.1 Å². The first kappa shape index (κ1) is 11.3. The third-order valence-corrected chi connectivity index (χ3v) is 2.83. The lowest BCUT2D eigenvalue weighted by Crippen LogP contribution is -2.44. The molecule has 1 aromatic heterocycles. The first-order valence-electron chi connectivity index (χ1n) is 5.85. The summed E-state index contributed by atoms with van der Waals surface area (Å²) in [7, 11) is 0. The van der Waals surface area contributed by atoms with E-state index in [9.17, 15) is 0 Å². The molecule has 1 aromatic rings. The highest BCUT2D eigenvalue weighted by Gasteiger charge is 2.18. The van der Waals surface area contributed by atoms with Crippen molar-refractivity contribution in [1.82, 2.24) is 15.3 Å². The molecule has 16 heavy (non-hydrogen) atoms. The fraction of sp³-hybridized carbons (Fsp3) is 0.667. The molecule has 2 heterocycles. The van der Waals surface area contributed by atoms with Gasteiger partial charge >= 0.3 is 0 Å². The number of aromatic nitrogens is 2. The van der Waals surface area contributed by atoms with E-state index in [2.05, 4.69) is 36.0 Å². The molecule has 1 aliphatic heterocycles. The maximum Gasteiger partial charge on any atom is 0.147 e. The van der Waals surface area contributed by atoms with E-state index in [4.69, 9.17) is 4.98 Å². The van der Waals surface area contributed by atoms with E-state index in [1.54, 1.807) is 0 Å². The molecule has 0 spiro atoms. The van der Waals surface area contributed by atoms with Crippen molar-refractivity contribution in [3.8, 4) is 0 Å². The maximum absolute atomic E-state index is 4.70. The summed E-state index contributed by atoms with van der Waals surface area (Å²) in [4.78, 5) is 11.3. The van der Waals surface area contributed by atoms with E-state index >= 15 is 0 Å². The monoisotopic (exact) mass is 220 g/mol. The number of anilines is 1.